The minimum Gasteiger partial charge on any atom is -0.497 e. The van der Waals surface area contributed by atoms with Crippen molar-refractivity contribution in [1.29, 1.82) is 0 Å². The highest BCUT2D eigenvalue weighted by Crippen LogP contribution is 2.16. The Bertz CT molecular complexity index is 332. The molecule has 0 aromatic heterocycles. The van der Waals surface area contributed by atoms with Gasteiger partial charge in [-0.15, -0.1) is 11.6 Å². The Labute approximate surface area is 102 Å². The van der Waals surface area contributed by atoms with Gasteiger partial charge >= 0.3 is 0 Å². The molecule has 0 aliphatic carbocycles. The lowest BCUT2D eigenvalue weighted by atomic mass is 10.0. The molecule has 1 rings (SSSR count). The van der Waals surface area contributed by atoms with Gasteiger partial charge in [-0.05, 0) is 30.7 Å². The highest BCUT2D eigenvalue weighted by Gasteiger charge is 2.12. The molecular weight excluding hydrogens is 224 g/mol. The van der Waals surface area contributed by atoms with Crippen LogP contribution in [0, 0.1) is 0 Å². The van der Waals surface area contributed by atoms with Gasteiger partial charge in [0.25, 0.3) is 0 Å². The number of benzene rings is 1. The number of carbonyl (C=O) groups is 1. The zero-order valence-electron chi connectivity index (χ0n) is 9.70. The molecule has 0 radical (unpaired) electrons. The first kappa shape index (κ1) is 13.0. The molecule has 1 atom stereocenters. The van der Waals surface area contributed by atoms with Crippen molar-refractivity contribution >= 4 is 17.4 Å². The highest BCUT2D eigenvalue weighted by atomic mass is 35.5. The molecule has 0 bridgehead atoms. The van der Waals surface area contributed by atoms with Crippen LogP contribution in [0.3, 0.4) is 0 Å². The fourth-order valence-electron chi connectivity index (χ4n) is 1.51. The minimum absolute atomic E-state index is 0.0559. The zero-order chi connectivity index (χ0) is 12.0. The number of ether oxygens (including phenoxy) is 1. The second kappa shape index (κ2) is 6.54. The van der Waals surface area contributed by atoms with Gasteiger partial charge in [0, 0.05) is 17.4 Å². The summed E-state index contributed by atoms with van der Waals surface area (Å²) in [6.45, 7) is 2.06. The summed E-state index contributed by atoms with van der Waals surface area (Å²) in [4.78, 5) is 11.8. The van der Waals surface area contributed by atoms with E-state index in [0.717, 1.165) is 18.6 Å². The number of alkyl halides is 1. The van der Waals surface area contributed by atoms with E-state index in [-0.39, 0.29) is 11.2 Å². The zero-order valence-corrected chi connectivity index (χ0v) is 10.5. The third kappa shape index (κ3) is 3.86. The maximum atomic E-state index is 11.8. The third-order valence-corrected chi connectivity index (χ3v) is 2.79. The number of rotatable bonds is 6. The molecule has 0 saturated carbocycles. The Balaban J connectivity index is 2.59. The summed E-state index contributed by atoms with van der Waals surface area (Å²) in [5, 5.41) is -0.0559. The Morgan fingerprint density at radius 1 is 1.38 bits per heavy atom. The second-order valence-corrected chi connectivity index (χ2v) is 4.36. The Morgan fingerprint density at radius 2 is 2.00 bits per heavy atom. The van der Waals surface area contributed by atoms with Gasteiger partial charge in [0.2, 0.25) is 0 Å². The van der Waals surface area contributed by atoms with Gasteiger partial charge in [-0.2, -0.15) is 0 Å². The van der Waals surface area contributed by atoms with Crippen LogP contribution in [0.1, 0.15) is 36.5 Å². The van der Waals surface area contributed by atoms with Crippen molar-refractivity contribution in [3.8, 4) is 5.75 Å². The maximum absolute atomic E-state index is 11.8. The summed E-state index contributed by atoms with van der Waals surface area (Å²) in [5.41, 5.74) is 0.697. The molecule has 0 spiro atoms. The summed E-state index contributed by atoms with van der Waals surface area (Å²) < 4.78 is 5.03. The van der Waals surface area contributed by atoms with E-state index < -0.39 is 0 Å². The van der Waals surface area contributed by atoms with Crippen LogP contribution in [0.25, 0.3) is 0 Å². The lowest BCUT2D eigenvalue weighted by molar-refractivity contribution is 0.0980. The van der Waals surface area contributed by atoms with Gasteiger partial charge in [-0.25, -0.2) is 0 Å². The lowest BCUT2D eigenvalue weighted by Crippen LogP contribution is -2.08. The lowest BCUT2D eigenvalue weighted by Gasteiger charge is -2.07. The van der Waals surface area contributed by atoms with Gasteiger partial charge in [-0.1, -0.05) is 13.3 Å². The summed E-state index contributed by atoms with van der Waals surface area (Å²) in [6.07, 6.45) is 2.29. The van der Waals surface area contributed by atoms with Crippen LogP contribution in [0.15, 0.2) is 24.3 Å². The molecule has 88 valence electrons. The molecule has 0 N–H and O–H groups in total. The molecule has 2 nitrogen and oxygen atoms in total. The standard InChI is InChI=1S/C13H17ClO2/c1-3-4-11(14)9-13(15)10-5-7-12(16-2)8-6-10/h5-8,11H,3-4,9H2,1-2H3. The average molecular weight is 241 g/mol. The quantitative estimate of drug-likeness (QED) is 0.560. The smallest absolute Gasteiger partial charge is 0.164 e. The van der Waals surface area contributed by atoms with Crippen molar-refractivity contribution in [2.45, 2.75) is 31.6 Å². The van der Waals surface area contributed by atoms with Crippen LogP contribution in [-0.2, 0) is 0 Å². The van der Waals surface area contributed by atoms with Crippen LogP contribution in [0.5, 0.6) is 5.75 Å². The van der Waals surface area contributed by atoms with Crippen molar-refractivity contribution in [2.75, 3.05) is 7.11 Å². The van der Waals surface area contributed by atoms with Crippen LogP contribution in [-0.4, -0.2) is 18.3 Å². The molecule has 16 heavy (non-hydrogen) atoms. The molecule has 0 aliphatic heterocycles. The maximum Gasteiger partial charge on any atom is 0.164 e. The number of ketones is 1. The highest BCUT2D eigenvalue weighted by molar-refractivity contribution is 6.22. The van der Waals surface area contributed by atoms with E-state index in [2.05, 4.69) is 6.92 Å². The summed E-state index contributed by atoms with van der Waals surface area (Å²) in [6, 6.07) is 7.13. The van der Waals surface area contributed by atoms with Crippen molar-refractivity contribution in [3.63, 3.8) is 0 Å². The van der Waals surface area contributed by atoms with E-state index in [1.165, 1.54) is 0 Å². The van der Waals surface area contributed by atoms with Gasteiger partial charge in [0.15, 0.2) is 5.78 Å². The topological polar surface area (TPSA) is 26.3 Å². The fraction of sp³-hybridized carbons (Fsp3) is 0.462. The molecule has 1 aromatic carbocycles. The number of methoxy groups -OCH3 is 1. The molecule has 0 amide bonds. The molecular formula is C13H17ClO2. The Morgan fingerprint density at radius 3 is 2.50 bits per heavy atom. The fourth-order valence-corrected chi connectivity index (χ4v) is 1.87. The minimum atomic E-state index is -0.0559. The Hall–Kier alpha value is -1.02. The van der Waals surface area contributed by atoms with E-state index in [9.17, 15) is 4.79 Å². The second-order valence-electron chi connectivity index (χ2n) is 3.74. The molecule has 0 fully saturated rings. The van der Waals surface area contributed by atoms with Crippen molar-refractivity contribution in [3.05, 3.63) is 29.8 Å². The van der Waals surface area contributed by atoms with Crippen molar-refractivity contribution in [1.82, 2.24) is 0 Å². The van der Waals surface area contributed by atoms with E-state index in [1.54, 1.807) is 31.4 Å². The molecule has 0 heterocycles. The largest absolute Gasteiger partial charge is 0.497 e. The predicted molar refractivity (Wildman–Crippen MR) is 66.5 cm³/mol. The number of hydrogen-bond acceptors (Lipinski definition) is 2. The van der Waals surface area contributed by atoms with Crippen molar-refractivity contribution < 1.29 is 9.53 Å². The normalized spacial score (nSPS) is 12.2. The van der Waals surface area contributed by atoms with E-state index in [0.29, 0.717) is 12.0 Å². The molecule has 0 saturated heterocycles. The van der Waals surface area contributed by atoms with E-state index in [1.807, 2.05) is 0 Å². The van der Waals surface area contributed by atoms with Crippen molar-refractivity contribution in [2.24, 2.45) is 0 Å². The first-order valence-electron chi connectivity index (χ1n) is 5.48. The first-order chi connectivity index (χ1) is 7.67. The van der Waals surface area contributed by atoms with Crippen LogP contribution < -0.4 is 4.74 Å². The van der Waals surface area contributed by atoms with Crippen LogP contribution in [0.4, 0.5) is 0 Å². The van der Waals surface area contributed by atoms with E-state index >= 15 is 0 Å². The summed E-state index contributed by atoms with van der Waals surface area (Å²) >= 11 is 6.04. The predicted octanol–water partition coefficient (Wildman–Crippen LogP) is 3.68. The third-order valence-electron chi connectivity index (χ3n) is 2.42. The number of hydrogen-bond donors (Lipinski definition) is 0. The van der Waals surface area contributed by atoms with Gasteiger partial charge in [-0.3, -0.25) is 4.79 Å². The summed E-state index contributed by atoms with van der Waals surface area (Å²) in [7, 11) is 1.60. The number of carbonyl (C=O) groups excluding carboxylic acids is 1. The first-order valence-corrected chi connectivity index (χ1v) is 5.92. The SMILES string of the molecule is CCCC(Cl)CC(=O)c1ccc(OC)cc1. The average Bonchev–Trinajstić information content (AvgIpc) is 2.29. The molecule has 0 aliphatic rings. The number of Topliss-reactive ketones (excluding diaryl/α,β-unsaturated/α-hetero) is 1. The van der Waals surface area contributed by atoms with Gasteiger partial charge < -0.3 is 4.74 Å². The molecule has 1 unspecified atom stereocenters. The monoisotopic (exact) mass is 240 g/mol. The van der Waals surface area contributed by atoms with Crippen LogP contribution >= 0.6 is 11.6 Å². The molecule has 3 heteroatoms. The number of halogens is 1. The summed E-state index contributed by atoms with van der Waals surface area (Å²) in [5.74, 6) is 0.851. The Kier molecular flexibility index (Phi) is 5.33. The van der Waals surface area contributed by atoms with E-state index in [4.69, 9.17) is 16.3 Å². The van der Waals surface area contributed by atoms with Gasteiger partial charge in [0.1, 0.15) is 5.75 Å². The van der Waals surface area contributed by atoms with Crippen LogP contribution in [0.2, 0.25) is 0 Å². The molecule has 1 aromatic rings. The van der Waals surface area contributed by atoms with Gasteiger partial charge in [0.05, 0.1) is 7.11 Å².